The number of piperidine rings is 1. The first-order valence-corrected chi connectivity index (χ1v) is 12.3. The summed E-state index contributed by atoms with van der Waals surface area (Å²) < 4.78 is 19.0. The van der Waals surface area contributed by atoms with Gasteiger partial charge < -0.3 is 15.4 Å². The van der Waals surface area contributed by atoms with E-state index in [1.807, 2.05) is 4.90 Å². The van der Waals surface area contributed by atoms with Crippen LogP contribution in [-0.2, 0) is 4.74 Å². The molecule has 2 aromatic rings. The molecule has 4 aliphatic heterocycles. The molecule has 2 N–H and O–H groups in total. The van der Waals surface area contributed by atoms with E-state index in [0.717, 1.165) is 5.57 Å². The van der Waals surface area contributed by atoms with E-state index in [2.05, 4.69) is 25.1 Å². The van der Waals surface area contributed by atoms with E-state index in [4.69, 9.17) is 20.5 Å². The summed E-state index contributed by atoms with van der Waals surface area (Å²) in [6, 6.07) is 5.67. The van der Waals surface area contributed by atoms with Crippen LogP contribution in [-0.4, -0.2) is 82.4 Å². The maximum Gasteiger partial charge on any atom is 0.253 e. The van der Waals surface area contributed by atoms with Crippen molar-refractivity contribution in [2.24, 2.45) is 26.1 Å². The van der Waals surface area contributed by atoms with Crippen molar-refractivity contribution in [3.63, 3.8) is 0 Å². The Morgan fingerprint density at radius 1 is 1.03 bits per heavy atom. The molecule has 11 nitrogen and oxygen atoms in total. The molecule has 0 bridgehead atoms. The van der Waals surface area contributed by atoms with Crippen molar-refractivity contribution in [1.29, 1.82) is 0 Å². The zero-order valence-electron chi connectivity index (χ0n) is 20.5. The fourth-order valence-corrected chi connectivity index (χ4v) is 5.31. The van der Waals surface area contributed by atoms with Crippen LogP contribution in [0.15, 0.2) is 68.6 Å². The number of benzene rings is 1. The van der Waals surface area contributed by atoms with Gasteiger partial charge in [-0.05, 0) is 37.1 Å². The van der Waals surface area contributed by atoms with Gasteiger partial charge >= 0.3 is 0 Å². The summed E-state index contributed by atoms with van der Waals surface area (Å²) in [5.41, 5.74) is 8.31. The Bertz CT molecular complexity index is 1320. The van der Waals surface area contributed by atoms with Crippen molar-refractivity contribution < 1.29 is 13.9 Å². The number of hydrogen-bond acceptors (Lipinski definition) is 10. The van der Waals surface area contributed by atoms with Crippen molar-refractivity contribution in [2.75, 3.05) is 45.1 Å². The summed E-state index contributed by atoms with van der Waals surface area (Å²) in [4.78, 5) is 35.8. The minimum Gasteiger partial charge on any atom is -0.379 e. The number of rotatable bonds is 4. The van der Waals surface area contributed by atoms with E-state index in [1.165, 1.54) is 24.3 Å². The van der Waals surface area contributed by atoms with Crippen molar-refractivity contribution in [2.45, 2.75) is 18.6 Å². The second-order valence-corrected chi connectivity index (χ2v) is 9.34. The first-order valence-electron chi connectivity index (χ1n) is 12.3. The van der Waals surface area contributed by atoms with E-state index in [-0.39, 0.29) is 36.0 Å². The van der Waals surface area contributed by atoms with E-state index in [1.54, 1.807) is 18.6 Å². The summed E-state index contributed by atoms with van der Waals surface area (Å²) in [6.45, 7) is 3.56. The van der Waals surface area contributed by atoms with Gasteiger partial charge in [-0.2, -0.15) is 5.11 Å². The first kappa shape index (κ1) is 26.0. The topological polar surface area (TPSA) is 134 Å². The lowest BCUT2D eigenvalue weighted by Gasteiger charge is -2.48. The number of halogens is 2. The Labute approximate surface area is 224 Å². The second kappa shape index (κ2) is 10.6. The number of azo groups is 1. The van der Waals surface area contributed by atoms with Crippen LogP contribution in [0, 0.1) is 11.7 Å². The number of amidine groups is 1. The van der Waals surface area contributed by atoms with Crippen LogP contribution in [0.5, 0.6) is 0 Å². The van der Waals surface area contributed by atoms with Crippen LogP contribution in [0.4, 0.5) is 10.3 Å². The number of nitrogens with two attached hydrogens (primary N) is 1. The van der Waals surface area contributed by atoms with Crippen molar-refractivity contribution >= 4 is 35.8 Å². The molecular formula is C25H27ClFN9O2. The molecule has 0 saturated carbocycles. The van der Waals surface area contributed by atoms with Gasteiger partial charge in [0, 0.05) is 55.6 Å². The molecule has 1 aromatic heterocycles. The summed E-state index contributed by atoms with van der Waals surface area (Å²) >= 11 is 0. The average molecular weight is 540 g/mol. The van der Waals surface area contributed by atoms with Gasteiger partial charge in [-0.15, -0.1) is 17.5 Å². The fraction of sp³-hybridized carbons (Fsp3) is 0.400. The number of carbonyl (C=O) groups is 1. The molecule has 1 unspecified atom stereocenters. The minimum atomic E-state index is -0.929. The third-order valence-electron chi connectivity index (χ3n) is 7.22. The zero-order chi connectivity index (χ0) is 25.4. The zero-order valence-corrected chi connectivity index (χ0v) is 21.3. The summed E-state index contributed by atoms with van der Waals surface area (Å²) in [6.07, 6.45) is 6.33. The molecule has 6 rings (SSSR count). The van der Waals surface area contributed by atoms with E-state index < -0.39 is 5.79 Å². The standard InChI is InChI=1S/C25H26FN9O2.ClH/c26-19-3-1-16(2-4-19)23(36)34-7-5-18(6-8-34)25(35-9-11-37-12-10-35)31-21(17-13-28-24(27)29-14-17)20-15-30-33-22(20)32-25;/h1-4,13-15,18H,5-12H2,(H2,27,28,29);1H. The third-order valence-corrected chi connectivity index (χ3v) is 7.22. The van der Waals surface area contributed by atoms with Crippen LogP contribution in [0.2, 0.25) is 0 Å². The molecule has 2 fully saturated rings. The molecule has 0 radical (unpaired) electrons. The molecule has 1 atom stereocenters. The van der Waals surface area contributed by atoms with Crippen molar-refractivity contribution in [1.82, 2.24) is 19.8 Å². The number of anilines is 1. The van der Waals surface area contributed by atoms with Crippen LogP contribution < -0.4 is 5.73 Å². The highest BCUT2D eigenvalue weighted by molar-refractivity contribution is 6.31. The number of hydrogen-bond donors (Lipinski definition) is 1. The summed E-state index contributed by atoms with van der Waals surface area (Å²) in [7, 11) is 0. The van der Waals surface area contributed by atoms with Gasteiger partial charge in [-0.1, -0.05) is 0 Å². The molecule has 0 spiro atoms. The number of nitrogens with zero attached hydrogens (tertiary/aromatic N) is 8. The van der Waals surface area contributed by atoms with Gasteiger partial charge in [-0.3, -0.25) is 9.69 Å². The highest BCUT2D eigenvalue weighted by Gasteiger charge is 2.49. The largest absolute Gasteiger partial charge is 0.379 e. The van der Waals surface area contributed by atoms with Crippen LogP contribution >= 0.6 is 12.4 Å². The number of nitrogen functional groups attached to an aromatic ring is 1. The Kier molecular flexibility index (Phi) is 7.28. The van der Waals surface area contributed by atoms with Crippen LogP contribution in [0.25, 0.3) is 0 Å². The number of ether oxygens (including phenoxy) is 1. The quantitative estimate of drug-likeness (QED) is 0.635. The van der Waals surface area contributed by atoms with E-state index >= 15 is 0 Å². The normalized spacial score (nSPS) is 23.7. The monoisotopic (exact) mass is 539 g/mol. The Hall–Kier alpha value is -3.61. The van der Waals surface area contributed by atoms with Crippen molar-refractivity contribution in [3.05, 3.63) is 65.4 Å². The number of amides is 1. The predicted molar refractivity (Wildman–Crippen MR) is 141 cm³/mol. The van der Waals surface area contributed by atoms with E-state index in [9.17, 15) is 9.18 Å². The van der Waals surface area contributed by atoms with Gasteiger partial charge in [0.1, 0.15) is 5.82 Å². The maximum absolute atomic E-state index is 13.3. The minimum absolute atomic E-state index is 0. The molecule has 1 amide bonds. The molecule has 1 aromatic carbocycles. The number of likely N-dealkylation sites (tertiary alicyclic amines) is 1. The lowest BCUT2D eigenvalue weighted by Crippen LogP contribution is -2.59. The van der Waals surface area contributed by atoms with Crippen molar-refractivity contribution in [3.8, 4) is 0 Å². The summed E-state index contributed by atoms with van der Waals surface area (Å²) in [5.74, 6) is -0.678. The summed E-state index contributed by atoms with van der Waals surface area (Å²) in [5, 5.41) is 8.42. The maximum atomic E-state index is 13.3. The number of fused-ring (bicyclic) bond motifs is 1. The Balaban J connectivity index is 0.00000294. The second-order valence-electron chi connectivity index (χ2n) is 9.34. The number of aliphatic imine (C=N–C) groups is 2. The lowest BCUT2D eigenvalue weighted by atomic mass is 9.86. The molecule has 13 heteroatoms. The predicted octanol–water partition coefficient (Wildman–Crippen LogP) is 2.71. The number of morpholine rings is 1. The Morgan fingerprint density at radius 2 is 1.71 bits per heavy atom. The highest BCUT2D eigenvalue weighted by Crippen LogP contribution is 2.41. The van der Waals surface area contributed by atoms with Gasteiger partial charge in [0.05, 0.1) is 30.7 Å². The molecule has 5 heterocycles. The number of carbonyl (C=O) groups excluding carboxylic acids is 1. The molecule has 0 aliphatic carbocycles. The molecular weight excluding hydrogens is 513 g/mol. The van der Waals surface area contributed by atoms with Crippen LogP contribution in [0.3, 0.4) is 0 Å². The van der Waals surface area contributed by atoms with Gasteiger partial charge in [0.2, 0.25) is 11.7 Å². The SMILES string of the molecule is Cl.Nc1ncc(C2=NC(C3CCN(C(=O)c4ccc(F)cc4)CC3)(N3CCOCC3)N=C3N=NC=C32)cn1. The molecule has 4 aliphatic rings. The van der Waals surface area contributed by atoms with Gasteiger partial charge in [-0.25, -0.2) is 24.3 Å². The highest BCUT2D eigenvalue weighted by atomic mass is 35.5. The van der Waals surface area contributed by atoms with Gasteiger partial charge in [0.15, 0.2) is 5.84 Å². The fourth-order valence-electron chi connectivity index (χ4n) is 5.31. The molecule has 2 saturated heterocycles. The first-order chi connectivity index (χ1) is 18.0. The van der Waals surface area contributed by atoms with E-state index in [0.29, 0.717) is 74.9 Å². The lowest BCUT2D eigenvalue weighted by molar-refractivity contribution is -0.0508. The van der Waals surface area contributed by atoms with Crippen LogP contribution in [0.1, 0.15) is 28.8 Å². The van der Waals surface area contributed by atoms with Gasteiger partial charge in [0.25, 0.3) is 5.91 Å². The number of aromatic nitrogens is 2. The average Bonchev–Trinajstić information content (AvgIpc) is 3.42. The third kappa shape index (κ3) is 4.70. The molecule has 38 heavy (non-hydrogen) atoms. The smallest absolute Gasteiger partial charge is 0.253 e. The molecule has 198 valence electrons. The Morgan fingerprint density at radius 3 is 2.39 bits per heavy atom.